The van der Waals surface area contributed by atoms with Gasteiger partial charge in [-0.2, -0.15) is 0 Å². The van der Waals surface area contributed by atoms with Crippen molar-refractivity contribution in [2.24, 2.45) is 0 Å². The first kappa shape index (κ1) is 22.8. The van der Waals surface area contributed by atoms with E-state index in [4.69, 9.17) is 0 Å². The van der Waals surface area contributed by atoms with Gasteiger partial charge in [0.15, 0.2) is 11.6 Å². The Balaban J connectivity index is 1.82. The number of hydrogen-bond donors (Lipinski definition) is 1. The van der Waals surface area contributed by atoms with Gasteiger partial charge >= 0.3 is 0 Å². The first-order chi connectivity index (χ1) is 15.9. The molecule has 2 heterocycles. The number of aryl methyl sites for hydroxylation is 2. The van der Waals surface area contributed by atoms with E-state index in [-0.39, 0.29) is 28.7 Å². The van der Waals surface area contributed by atoms with Crippen LogP contribution < -0.4 is 15.6 Å². The number of nitrogens with zero attached hydrogens (tertiary/aromatic N) is 2. The highest BCUT2D eigenvalue weighted by Gasteiger charge is 2.25. The molecule has 1 aromatic heterocycles. The second kappa shape index (κ2) is 9.62. The number of aromatic nitrogens is 1. The predicted molar refractivity (Wildman–Crippen MR) is 124 cm³/mol. The van der Waals surface area contributed by atoms with Gasteiger partial charge in [-0.05, 0) is 24.6 Å². The summed E-state index contributed by atoms with van der Waals surface area (Å²) in [5.41, 5.74) is 0.320. The Kier molecular flexibility index (Phi) is 6.65. The zero-order valence-electron chi connectivity index (χ0n) is 18.2. The number of nitrogens with one attached hydrogen (secondary N) is 1. The zero-order valence-corrected chi connectivity index (χ0v) is 18.2. The largest absolute Gasteiger partial charge is 0.364 e. The summed E-state index contributed by atoms with van der Waals surface area (Å²) in [6.07, 6.45) is 3.95. The monoisotopic (exact) mass is 455 g/mol. The molecule has 1 N–H and O–H groups in total. The lowest BCUT2D eigenvalue weighted by Gasteiger charge is -2.30. The number of pyridine rings is 1. The van der Waals surface area contributed by atoms with Crippen molar-refractivity contribution in [1.82, 2.24) is 9.88 Å². The van der Waals surface area contributed by atoms with Crippen LogP contribution in [0.1, 0.15) is 21.5 Å². The summed E-state index contributed by atoms with van der Waals surface area (Å²) in [5, 5.41) is 2.83. The van der Waals surface area contributed by atoms with E-state index in [9.17, 15) is 18.4 Å². The minimum absolute atomic E-state index is 0.202. The number of benzene rings is 2. The zero-order chi connectivity index (χ0) is 23.5. The van der Waals surface area contributed by atoms with Crippen LogP contribution in [0.25, 0.3) is 17.0 Å². The number of halogens is 3. The lowest BCUT2D eigenvalue weighted by molar-refractivity contribution is 0.104. The number of alkyl halides is 1. The SMILES string of the molecule is Cc1ccc(/C=C/C(=O)c2cn(CCF)c3c(F)c(N4CCNCC4)c(F)cc3c2=O)cc1. The molecule has 3 aromatic rings. The van der Waals surface area contributed by atoms with Crippen LogP contribution in [0.3, 0.4) is 0 Å². The van der Waals surface area contributed by atoms with Crippen LogP contribution in [0.2, 0.25) is 0 Å². The van der Waals surface area contributed by atoms with Crippen molar-refractivity contribution < 1.29 is 18.0 Å². The summed E-state index contributed by atoms with van der Waals surface area (Å²) in [5.74, 6) is -2.43. The average molecular weight is 455 g/mol. The van der Waals surface area contributed by atoms with Crippen LogP contribution >= 0.6 is 0 Å². The van der Waals surface area contributed by atoms with Gasteiger partial charge < -0.3 is 14.8 Å². The Hall–Kier alpha value is -3.39. The standard InChI is InChI=1S/C25H24F3N3O2/c1-16-2-4-17(5-3-16)6-7-21(32)19-15-31(11-8-26)23-18(25(19)33)14-20(27)24(22(23)28)30-12-9-29-10-13-30/h2-7,14-15,29H,8-13H2,1H3/b7-6+. The van der Waals surface area contributed by atoms with Gasteiger partial charge in [-0.25, -0.2) is 13.2 Å². The van der Waals surface area contributed by atoms with E-state index < -0.39 is 29.5 Å². The summed E-state index contributed by atoms with van der Waals surface area (Å²) in [7, 11) is 0. The number of allylic oxidation sites excluding steroid dienone is 1. The number of carbonyl (C=O) groups is 1. The molecule has 4 rings (SSSR count). The van der Waals surface area contributed by atoms with Crippen LogP contribution in [0, 0.1) is 18.6 Å². The second-order valence-electron chi connectivity index (χ2n) is 8.02. The number of ketones is 1. The third-order valence-corrected chi connectivity index (χ3v) is 5.76. The van der Waals surface area contributed by atoms with Gasteiger partial charge in [0.2, 0.25) is 5.43 Å². The Morgan fingerprint density at radius 2 is 1.85 bits per heavy atom. The summed E-state index contributed by atoms with van der Waals surface area (Å²) >= 11 is 0. The molecule has 0 unspecified atom stereocenters. The average Bonchev–Trinajstić information content (AvgIpc) is 2.81. The molecule has 0 aliphatic carbocycles. The van der Waals surface area contributed by atoms with Gasteiger partial charge in [-0.3, -0.25) is 9.59 Å². The number of anilines is 1. The van der Waals surface area contributed by atoms with E-state index in [0.717, 1.165) is 23.4 Å². The van der Waals surface area contributed by atoms with Crippen LogP contribution in [0.4, 0.5) is 18.9 Å². The molecule has 1 saturated heterocycles. The molecular weight excluding hydrogens is 431 g/mol. The van der Waals surface area contributed by atoms with Crippen molar-refractivity contribution in [2.75, 3.05) is 37.8 Å². The lowest BCUT2D eigenvalue weighted by atomic mass is 10.0. The molecule has 1 fully saturated rings. The summed E-state index contributed by atoms with van der Waals surface area (Å²) in [6, 6.07) is 8.37. The minimum Gasteiger partial charge on any atom is -0.364 e. The Bertz CT molecular complexity index is 1280. The van der Waals surface area contributed by atoms with Crippen molar-refractivity contribution in [3.8, 4) is 0 Å². The molecule has 0 radical (unpaired) electrons. The predicted octanol–water partition coefficient (Wildman–Crippen LogP) is 3.86. The normalized spacial score (nSPS) is 14.4. The smallest absolute Gasteiger partial charge is 0.200 e. The molecule has 33 heavy (non-hydrogen) atoms. The van der Waals surface area contributed by atoms with Crippen LogP contribution in [-0.4, -0.2) is 43.2 Å². The molecule has 0 saturated carbocycles. The van der Waals surface area contributed by atoms with E-state index in [1.165, 1.54) is 10.6 Å². The molecule has 8 heteroatoms. The maximum absolute atomic E-state index is 15.5. The van der Waals surface area contributed by atoms with E-state index in [1.54, 1.807) is 11.0 Å². The van der Waals surface area contributed by atoms with Crippen molar-refractivity contribution in [3.05, 3.63) is 81.2 Å². The summed E-state index contributed by atoms with van der Waals surface area (Å²) < 4.78 is 45.0. The maximum Gasteiger partial charge on any atom is 0.200 e. The third-order valence-electron chi connectivity index (χ3n) is 5.76. The van der Waals surface area contributed by atoms with Crippen LogP contribution in [0.5, 0.6) is 0 Å². The topological polar surface area (TPSA) is 54.3 Å². The summed E-state index contributed by atoms with van der Waals surface area (Å²) in [6.45, 7) is 2.74. The van der Waals surface area contributed by atoms with Gasteiger partial charge in [0.1, 0.15) is 18.2 Å². The van der Waals surface area contributed by atoms with Crippen molar-refractivity contribution in [2.45, 2.75) is 13.5 Å². The lowest BCUT2D eigenvalue weighted by Crippen LogP contribution is -2.44. The van der Waals surface area contributed by atoms with Gasteiger partial charge in [0.05, 0.1) is 23.0 Å². The van der Waals surface area contributed by atoms with Gasteiger partial charge in [-0.1, -0.05) is 35.9 Å². The highest BCUT2D eigenvalue weighted by molar-refractivity contribution is 6.08. The fourth-order valence-corrected chi connectivity index (χ4v) is 4.04. The summed E-state index contributed by atoms with van der Waals surface area (Å²) in [4.78, 5) is 27.4. The molecule has 1 aliphatic heterocycles. The van der Waals surface area contributed by atoms with Crippen LogP contribution in [0.15, 0.2) is 47.4 Å². The quantitative estimate of drug-likeness (QED) is 0.453. The Morgan fingerprint density at radius 3 is 2.52 bits per heavy atom. The van der Waals surface area contributed by atoms with Gasteiger partial charge in [0.25, 0.3) is 0 Å². The van der Waals surface area contributed by atoms with Gasteiger partial charge in [0, 0.05) is 32.4 Å². The first-order valence-electron chi connectivity index (χ1n) is 10.8. The number of fused-ring (bicyclic) bond motifs is 1. The molecular formula is C25H24F3N3O2. The van der Waals surface area contributed by atoms with Gasteiger partial charge in [-0.15, -0.1) is 0 Å². The fraction of sp³-hybridized carbons (Fsp3) is 0.280. The van der Waals surface area contributed by atoms with Crippen molar-refractivity contribution >= 4 is 28.4 Å². The number of hydrogen-bond acceptors (Lipinski definition) is 4. The van der Waals surface area contributed by atoms with Crippen molar-refractivity contribution in [1.29, 1.82) is 0 Å². The third kappa shape index (κ3) is 4.57. The molecule has 0 spiro atoms. The van der Waals surface area contributed by atoms with E-state index >= 15 is 4.39 Å². The molecule has 172 valence electrons. The molecule has 5 nitrogen and oxygen atoms in total. The first-order valence-corrected chi connectivity index (χ1v) is 10.8. The molecule has 2 aromatic carbocycles. The Morgan fingerprint density at radius 1 is 1.15 bits per heavy atom. The van der Waals surface area contributed by atoms with E-state index in [0.29, 0.717) is 26.2 Å². The molecule has 0 amide bonds. The Labute approximate surface area is 189 Å². The highest BCUT2D eigenvalue weighted by atomic mass is 19.1. The number of carbonyl (C=O) groups excluding carboxylic acids is 1. The minimum atomic E-state index is -0.924. The molecule has 0 atom stereocenters. The number of rotatable bonds is 6. The van der Waals surface area contributed by atoms with Crippen LogP contribution in [-0.2, 0) is 6.54 Å². The molecule has 1 aliphatic rings. The van der Waals surface area contributed by atoms with E-state index in [2.05, 4.69) is 5.32 Å². The maximum atomic E-state index is 15.5. The second-order valence-corrected chi connectivity index (χ2v) is 8.02. The van der Waals surface area contributed by atoms with Crippen molar-refractivity contribution in [3.63, 3.8) is 0 Å². The number of piperazine rings is 1. The molecule has 0 bridgehead atoms. The highest BCUT2D eigenvalue weighted by Crippen LogP contribution is 2.30. The van der Waals surface area contributed by atoms with E-state index in [1.807, 2.05) is 31.2 Å². The fourth-order valence-electron chi connectivity index (χ4n) is 4.04.